The Morgan fingerprint density at radius 1 is 1.28 bits per heavy atom. The quantitative estimate of drug-likeness (QED) is 0.516. The number of ether oxygens (including phenoxy) is 2. The maximum Gasteiger partial charge on any atom is 0.255 e. The van der Waals surface area contributed by atoms with Crippen LogP contribution in [0.3, 0.4) is 0 Å². The molecule has 2 aromatic carbocycles. The van der Waals surface area contributed by atoms with Gasteiger partial charge in [0.15, 0.2) is 0 Å². The Morgan fingerprint density at radius 3 is 2.84 bits per heavy atom. The van der Waals surface area contributed by atoms with Gasteiger partial charge in [-0.2, -0.15) is 0 Å². The largest absolute Gasteiger partial charge is 0.493 e. The molecule has 3 aromatic rings. The second-order valence-electron chi connectivity index (χ2n) is 7.54. The van der Waals surface area contributed by atoms with E-state index >= 15 is 0 Å². The molecule has 0 aliphatic carbocycles. The first-order valence-electron chi connectivity index (χ1n) is 10.3. The zero-order valence-electron chi connectivity index (χ0n) is 17.7. The summed E-state index contributed by atoms with van der Waals surface area (Å²) in [6.45, 7) is 4.41. The Labute approximate surface area is 184 Å². The Hall–Kier alpha value is -4.07. The van der Waals surface area contributed by atoms with Gasteiger partial charge in [0.2, 0.25) is 5.91 Å². The van der Waals surface area contributed by atoms with Crippen LogP contribution in [0.4, 0.5) is 5.69 Å². The summed E-state index contributed by atoms with van der Waals surface area (Å²) in [6, 6.07) is 8.51. The molecule has 1 aliphatic rings. The average molecular weight is 433 g/mol. The first-order valence-corrected chi connectivity index (χ1v) is 10.3. The highest BCUT2D eigenvalue weighted by Gasteiger charge is 2.21. The number of hydrogen-bond acceptors (Lipinski definition) is 5. The third-order valence-corrected chi connectivity index (χ3v) is 5.18. The molecule has 0 saturated heterocycles. The van der Waals surface area contributed by atoms with E-state index < -0.39 is 5.91 Å². The summed E-state index contributed by atoms with van der Waals surface area (Å²) in [6.07, 6.45) is 5.25. The number of aromatic amines is 1. The summed E-state index contributed by atoms with van der Waals surface area (Å²) in [4.78, 5) is 38.7. The molecule has 0 fully saturated rings. The van der Waals surface area contributed by atoms with Crippen molar-refractivity contribution in [2.75, 3.05) is 11.9 Å². The SMILES string of the molecule is CCOc1cc2c(cc1/C=C/C(=O)Nc1ccc3c(C(N)=O)c[nH]c(=O)c3c1)OC(C)C2. The topological polar surface area (TPSA) is 124 Å². The molecule has 2 heterocycles. The van der Waals surface area contributed by atoms with Gasteiger partial charge in [0.1, 0.15) is 17.6 Å². The molecule has 2 amide bonds. The average Bonchev–Trinajstić information content (AvgIpc) is 3.11. The highest BCUT2D eigenvalue weighted by molar-refractivity contribution is 6.08. The Bertz CT molecular complexity index is 1310. The van der Waals surface area contributed by atoms with Crippen molar-refractivity contribution in [2.24, 2.45) is 5.73 Å². The first kappa shape index (κ1) is 21.2. The van der Waals surface area contributed by atoms with Crippen molar-refractivity contribution in [3.05, 3.63) is 69.6 Å². The van der Waals surface area contributed by atoms with Crippen molar-refractivity contribution in [1.82, 2.24) is 4.98 Å². The number of pyridine rings is 1. The van der Waals surface area contributed by atoms with Crippen LogP contribution < -0.4 is 26.1 Å². The van der Waals surface area contributed by atoms with Gasteiger partial charge >= 0.3 is 0 Å². The molecule has 4 rings (SSSR count). The van der Waals surface area contributed by atoms with Crippen molar-refractivity contribution in [3.8, 4) is 11.5 Å². The third-order valence-electron chi connectivity index (χ3n) is 5.18. The van der Waals surface area contributed by atoms with Crippen LogP contribution in [0.25, 0.3) is 16.8 Å². The minimum absolute atomic E-state index is 0.105. The van der Waals surface area contributed by atoms with Crippen LogP contribution in [0.1, 0.15) is 35.3 Å². The number of carbonyl (C=O) groups is 2. The molecule has 0 spiro atoms. The fourth-order valence-corrected chi connectivity index (χ4v) is 3.76. The molecular weight excluding hydrogens is 410 g/mol. The number of nitrogens with one attached hydrogen (secondary N) is 2. The number of fused-ring (bicyclic) bond motifs is 2. The number of anilines is 1. The number of benzene rings is 2. The number of aromatic nitrogens is 1. The van der Waals surface area contributed by atoms with Gasteiger partial charge in [-0.05, 0) is 44.2 Å². The first-order chi connectivity index (χ1) is 15.4. The Kier molecular flexibility index (Phi) is 5.68. The normalized spacial score (nSPS) is 14.9. The Morgan fingerprint density at radius 2 is 2.09 bits per heavy atom. The van der Waals surface area contributed by atoms with Crippen LogP contribution in [0, 0.1) is 0 Å². The molecule has 1 aromatic heterocycles. The lowest BCUT2D eigenvalue weighted by atomic mass is 10.1. The zero-order chi connectivity index (χ0) is 22.8. The maximum absolute atomic E-state index is 12.5. The molecule has 32 heavy (non-hydrogen) atoms. The molecule has 1 aliphatic heterocycles. The zero-order valence-corrected chi connectivity index (χ0v) is 17.7. The molecule has 164 valence electrons. The summed E-state index contributed by atoms with van der Waals surface area (Å²) < 4.78 is 11.5. The molecule has 0 saturated carbocycles. The van der Waals surface area contributed by atoms with E-state index in [2.05, 4.69) is 10.3 Å². The minimum atomic E-state index is -0.649. The van der Waals surface area contributed by atoms with Crippen molar-refractivity contribution in [3.63, 3.8) is 0 Å². The fraction of sp³-hybridized carbons (Fsp3) is 0.208. The number of nitrogens with two attached hydrogens (primary N) is 1. The van der Waals surface area contributed by atoms with Gasteiger partial charge < -0.3 is 25.5 Å². The van der Waals surface area contributed by atoms with E-state index in [1.165, 1.54) is 18.3 Å². The van der Waals surface area contributed by atoms with Gasteiger partial charge in [-0.25, -0.2) is 0 Å². The molecule has 0 radical (unpaired) electrons. The molecule has 8 nitrogen and oxygen atoms in total. The lowest BCUT2D eigenvalue weighted by Gasteiger charge is -2.10. The highest BCUT2D eigenvalue weighted by Crippen LogP contribution is 2.35. The summed E-state index contributed by atoms with van der Waals surface area (Å²) >= 11 is 0. The van der Waals surface area contributed by atoms with Crippen molar-refractivity contribution in [1.29, 1.82) is 0 Å². The van der Waals surface area contributed by atoms with Gasteiger partial charge in [-0.15, -0.1) is 0 Å². The molecule has 8 heteroatoms. The van der Waals surface area contributed by atoms with E-state index in [1.807, 2.05) is 26.0 Å². The van der Waals surface area contributed by atoms with Crippen LogP contribution >= 0.6 is 0 Å². The van der Waals surface area contributed by atoms with Crippen molar-refractivity contribution in [2.45, 2.75) is 26.4 Å². The van der Waals surface area contributed by atoms with E-state index in [-0.39, 0.29) is 28.5 Å². The monoisotopic (exact) mass is 433 g/mol. The number of rotatable bonds is 6. The maximum atomic E-state index is 12.5. The smallest absolute Gasteiger partial charge is 0.255 e. The number of amides is 2. The summed E-state index contributed by atoms with van der Waals surface area (Å²) in [5.74, 6) is 0.442. The van der Waals surface area contributed by atoms with Crippen LogP contribution in [0.2, 0.25) is 0 Å². The summed E-state index contributed by atoms with van der Waals surface area (Å²) in [5.41, 5.74) is 7.41. The highest BCUT2D eigenvalue weighted by atomic mass is 16.5. The Balaban J connectivity index is 1.57. The van der Waals surface area contributed by atoms with Crippen molar-refractivity contribution >= 4 is 34.4 Å². The van der Waals surface area contributed by atoms with E-state index in [0.717, 1.165) is 23.3 Å². The van der Waals surface area contributed by atoms with Crippen LogP contribution in [-0.4, -0.2) is 29.5 Å². The molecule has 0 bridgehead atoms. The number of H-pyrrole nitrogens is 1. The molecule has 1 unspecified atom stereocenters. The minimum Gasteiger partial charge on any atom is -0.493 e. The number of hydrogen-bond donors (Lipinski definition) is 3. The molecule has 4 N–H and O–H groups in total. The van der Waals surface area contributed by atoms with Gasteiger partial charge in [0.25, 0.3) is 11.5 Å². The van der Waals surface area contributed by atoms with Gasteiger partial charge in [-0.1, -0.05) is 6.07 Å². The molecular formula is C24H23N3O5. The fourth-order valence-electron chi connectivity index (χ4n) is 3.76. The van der Waals surface area contributed by atoms with Gasteiger partial charge in [0.05, 0.1) is 12.2 Å². The summed E-state index contributed by atoms with van der Waals surface area (Å²) in [7, 11) is 0. The predicted molar refractivity (Wildman–Crippen MR) is 122 cm³/mol. The standard InChI is InChI=1S/C24H23N3O5/c1-3-31-20-10-15-8-13(2)32-21(15)9-14(20)4-7-22(28)27-16-5-6-17-18(11-16)24(30)26-12-19(17)23(25)29/h4-7,9-13H,3,8H2,1-2H3,(H2,25,29)(H,26,30)(H,27,28)/b7-4+. The number of primary amides is 1. The second-order valence-corrected chi connectivity index (χ2v) is 7.54. The predicted octanol–water partition coefficient (Wildman–Crippen LogP) is 3.00. The van der Waals surface area contributed by atoms with E-state index in [1.54, 1.807) is 18.2 Å². The second kappa shape index (κ2) is 8.58. The lowest BCUT2D eigenvalue weighted by molar-refractivity contribution is -0.111. The van der Waals surface area contributed by atoms with E-state index in [9.17, 15) is 14.4 Å². The lowest BCUT2D eigenvalue weighted by Crippen LogP contribution is -2.16. The van der Waals surface area contributed by atoms with Crippen molar-refractivity contribution < 1.29 is 19.1 Å². The van der Waals surface area contributed by atoms with E-state index in [4.69, 9.17) is 15.2 Å². The van der Waals surface area contributed by atoms with Crippen LogP contribution in [0.15, 0.2) is 47.4 Å². The van der Waals surface area contributed by atoms with Crippen LogP contribution in [-0.2, 0) is 11.2 Å². The van der Waals surface area contributed by atoms with E-state index in [0.29, 0.717) is 23.4 Å². The van der Waals surface area contributed by atoms with Gasteiger partial charge in [0, 0.05) is 46.3 Å². The number of carbonyl (C=O) groups excluding carboxylic acids is 2. The third kappa shape index (κ3) is 4.20. The molecule has 1 atom stereocenters. The van der Waals surface area contributed by atoms with Gasteiger partial charge in [-0.3, -0.25) is 14.4 Å². The summed E-state index contributed by atoms with van der Waals surface area (Å²) in [5, 5.41) is 3.40. The van der Waals surface area contributed by atoms with Crippen LogP contribution in [0.5, 0.6) is 11.5 Å².